The number of urea groups is 1. The van der Waals surface area contributed by atoms with Crippen LogP contribution in [0.15, 0.2) is 48.5 Å². The van der Waals surface area contributed by atoms with Gasteiger partial charge in [0.2, 0.25) is 0 Å². The molecule has 0 radical (unpaired) electrons. The molecule has 1 heterocycles. The van der Waals surface area contributed by atoms with Crippen LogP contribution in [0.5, 0.6) is 0 Å². The Kier molecular flexibility index (Phi) is 3.96. The minimum absolute atomic E-state index is 0.355. The topological polar surface area (TPSA) is 78.5 Å². The van der Waals surface area contributed by atoms with E-state index in [1.807, 2.05) is 0 Å². The normalized spacial score (nSPS) is 19.7. The van der Waals surface area contributed by atoms with Crippen molar-refractivity contribution >= 4 is 17.8 Å². The van der Waals surface area contributed by atoms with E-state index in [4.69, 9.17) is 0 Å². The van der Waals surface area contributed by atoms with Crippen molar-refractivity contribution in [1.82, 2.24) is 15.8 Å². The second-order valence-corrected chi connectivity index (χ2v) is 5.66. The van der Waals surface area contributed by atoms with Gasteiger partial charge in [-0.3, -0.25) is 15.0 Å². The third-order valence-corrected chi connectivity index (χ3v) is 3.88. The number of hydrogen-bond acceptors (Lipinski definition) is 3. The molecule has 2 aromatic carbocycles. The zero-order chi connectivity index (χ0) is 18.2. The van der Waals surface area contributed by atoms with Crippen molar-refractivity contribution in [2.45, 2.75) is 12.5 Å². The predicted molar refractivity (Wildman–Crippen MR) is 83.0 cm³/mol. The molecule has 0 aliphatic carbocycles. The molecule has 0 unspecified atom stereocenters. The average Bonchev–Trinajstić information content (AvgIpc) is 2.79. The van der Waals surface area contributed by atoms with Gasteiger partial charge in [-0.25, -0.2) is 13.6 Å². The summed E-state index contributed by atoms with van der Waals surface area (Å²) in [5, 5.41) is 3.00. The van der Waals surface area contributed by atoms with Gasteiger partial charge in [0.15, 0.2) is 0 Å². The molecule has 4 amide bonds. The van der Waals surface area contributed by atoms with Gasteiger partial charge >= 0.3 is 6.03 Å². The molecule has 2 aromatic rings. The lowest BCUT2D eigenvalue weighted by Crippen LogP contribution is -2.47. The molecule has 1 atom stereocenters. The van der Waals surface area contributed by atoms with Gasteiger partial charge in [0, 0.05) is 11.6 Å². The van der Waals surface area contributed by atoms with Crippen LogP contribution in [0, 0.1) is 11.6 Å². The number of nitrogens with zero attached hydrogens (tertiary/aromatic N) is 1. The maximum Gasteiger partial charge on any atom is 0.344 e. The van der Waals surface area contributed by atoms with E-state index in [1.54, 1.807) is 30.3 Å². The molecule has 25 heavy (non-hydrogen) atoms. The number of nitrogens with one attached hydrogen (secondary N) is 2. The fourth-order valence-electron chi connectivity index (χ4n) is 2.56. The maximum atomic E-state index is 13.2. The van der Waals surface area contributed by atoms with Crippen molar-refractivity contribution in [2.24, 2.45) is 0 Å². The monoisotopic (exact) mass is 345 g/mol. The summed E-state index contributed by atoms with van der Waals surface area (Å²) in [6, 6.07) is 9.84. The average molecular weight is 345 g/mol. The molecule has 8 heteroatoms. The van der Waals surface area contributed by atoms with Crippen LogP contribution in [0.25, 0.3) is 0 Å². The SMILES string of the molecule is C[C@@]1(c2ccccc2)NC(=O)N(NC(=O)c2cc(F)cc(F)c2)C1=O. The zero-order valence-electron chi connectivity index (χ0n) is 13.0. The van der Waals surface area contributed by atoms with Gasteiger partial charge in [0.1, 0.15) is 17.2 Å². The standard InChI is InChI=1S/C17H13F2N3O3/c1-17(11-5-3-2-4-6-11)15(24)22(16(25)20-17)21-14(23)10-7-12(18)9-13(19)8-10/h2-9H,1H3,(H,20,25)(H,21,23)/t17-/m0/s1. The summed E-state index contributed by atoms with van der Waals surface area (Å²) in [6.07, 6.45) is 0. The second-order valence-electron chi connectivity index (χ2n) is 5.66. The molecule has 0 aromatic heterocycles. The quantitative estimate of drug-likeness (QED) is 0.836. The van der Waals surface area contributed by atoms with Crippen molar-refractivity contribution in [2.75, 3.05) is 0 Å². The van der Waals surface area contributed by atoms with Crippen molar-refractivity contribution in [1.29, 1.82) is 0 Å². The van der Waals surface area contributed by atoms with Crippen LogP contribution < -0.4 is 10.7 Å². The Balaban J connectivity index is 1.85. The highest BCUT2D eigenvalue weighted by atomic mass is 19.1. The van der Waals surface area contributed by atoms with E-state index in [9.17, 15) is 23.2 Å². The van der Waals surface area contributed by atoms with Gasteiger partial charge in [-0.1, -0.05) is 30.3 Å². The zero-order valence-corrected chi connectivity index (χ0v) is 13.0. The lowest BCUT2D eigenvalue weighted by atomic mass is 9.92. The molecule has 3 rings (SSSR count). The van der Waals surface area contributed by atoms with Crippen LogP contribution >= 0.6 is 0 Å². The van der Waals surface area contributed by atoms with E-state index < -0.39 is 35.0 Å². The summed E-state index contributed by atoms with van der Waals surface area (Å²) in [6.45, 7) is 1.50. The third-order valence-electron chi connectivity index (χ3n) is 3.88. The fraction of sp³-hybridized carbons (Fsp3) is 0.118. The van der Waals surface area contributed by atoms with Crippen LogP contribution in [0.4, 0.5) is 13.6 Å². The first-order valence-electron chi connectivity index (χ1n) is 7.30. The van der Waals surface area contributed by atoms with E-state index in [1.165, 1.54) is 6.92 Å². The highest BCUT2D eigenvalue weighted by Gasteiger charge is 2.50. The maximum absolute atomic E-state index is 13.2. The summed E-state index contributed by atoms with van der Waals surface area (Å²) in [7, 11) is 0. The molecule has 6 nitrogen and oxygen atoms in total. The minimum atomic E-state index is -1.36. The molecule has 2 N–H and O–H groups in total. The first-order valence-corrected chi connectivity index (χ1v) is 7.30. The number of hydrogen-bond donors (Lipinski definition) is 2. The Morgan fingerprint density at radius 3 is 2.28 bits per heavy atom. The number of carbonyl (C=O) groups is 3. The van der Waals surface area contributed by atoms with Crippen molar-refractivity contribution in [3.8, 4) is 0 Å². The highest BCUT2D eigenvalue weighted by molar-refractivity contribution is 6.09. The van der Waals surface area contributed by atoms with Crippen molar-refractivity contribution < 1.29 is 23.2 Å². The molecule has 1 aliphatic heterocycles. The van der Waals surface area contributed by atoms with E-state index in [0.29, 0.717) is 16.6 Å². The number of halogens is 2. The molecule has 1 fully saturated rings. The molecule has 0 bridgehead atoms. The lowest BCUT2D eigenvalue weighted by Gasteiger charge is -2.22. The summed E-state index contributed by atoms with van der Waals surface area (Å²) in [5.74, 6) is -3.60. The molecule has 1 saturated heterocycles. The summed E-state index contributed by atoms with van der Waals surface area (Å²) in [5.41, 5.74) is 0.886. The van der Waals surface area contributed by atoms with Crippen LogP contribution in [-0.2, 0) is 10.3 Å². The Labute approximate surface area is 141 Å². The van der Waals surface area contributed by atoms with Crippen LogP contribution in [0.1, 0.15) is 22.8 Å². The van der Waals surface area contributed by atoms with Gasteiger partial charge in [-0.05, 0) is 24.6 Å². The van der Waals surface area contributed by atoms with E-state index in [0.717, 1.165) is 12.1 Å². The minimum Gasteiger partial charge on any atom is -0.318 e. The smallest absolute Gasteiger partial charge is 0.318 e. The summed E-state index contributed by atoms with van der Waals surface area (Å²) >= 11 is 0. The Hall–Kier alpha value is -3.29. The second kappa shape index (κ2) is 5.97. The van der Waals surface area contributed by atoms with Gasteiger partial charge in [0.05, 0.1) is 0 Å². The van der Waals surface area contributed by atoms with E-state index >= 15 is 0 Å². The molecular formula is C17H13F2N3O3. The molecular weight excluding hydrogens is 332 g/mol. The van der Waals surface area contributed by atoms with E-state index in [2.05, 4.69) is 10.7 Å². The number of carbonyl (C=O) groups excluding carboxylic acids is 3. The molecule has 128 valence electrons. The number of rotatable bonds is 3. The van der Waals surface area contributed by atoms with Crippen LogP contribution in [-0.4, -0.2) is 22.9 Å². The van der Waals surface area contributed by atoms with Gasteiger partial charge in [-0.15, -0.1) is 0 Å². The number of hydrazine groups is 1. The van der Waals surface area contributed by atoms with Gasteiger partial charge in [-0.2, -0.15) is 5.01 Å². The Morgan fingerprint density at radius 2 is 1.68 bits per heavy atom. The largest absolute Gasteiger partial charge is 0.344 e. The number of imide groups is 1. The van der Waals surface area contributed by atoms with Gasteiger partial charge < -0.3 is 5.32 Å². The molecule has 0 saturated carbocycles. The van der Waals surface area contributed by atoms with Gasteiger partial charge in [0.25, 0.3) is 11.8 Å². The third kappa shape index (κ3) is 2.93. The fourth-order valence-corrected chi connectivity index (χ4v) is 2.56. The Bertz CT molecular complexity index is 852. The lowest BCUT2D eigenvalue weighted by molar-refractivity contribution is -0.132. The van der Waals surface area contributed by atoms with Crippen molar-refractivity contribution in [3.05, 3.63) is 71.3 Å². The highest BCUT2D eigenvalue weighted by Crippen LogP contribution is 2.27. The molecule has 1 aliphatic rings. The predicted octanol–water partition coefficient (Wildman–Crippen LogP) is 2.08. The summed E-state index contributed by atoms with van der Waals surface area (Å²) in [4.78, 5) is 36.8. The number of amides is 4. The first-order chi connectivity index (χ1) is 11.8. The Morgan fingerprint density at radius 1 is 1.08 bits per heavy atom. The van der Waals surface area contributed by atoms with Crippen molar-refractivity contribution in [3.63, 3.8) is 0 Å². The summed E-state index contributed by atoms with van der Waals surface area (Å²) < 4.78 is 26.4. The first kappa shape index (κ1) is 16.6. The van der Waals surface area contributed by atoms with Crippen LogP contribution in [0.2, 0.25) is 0 Å². The molecule has 0 spiro atoms. The van der Waals surface area contributed by atoms with Crippen LogP contribution in [0.3, 0.4) is 0 Å². The van der Waals surface area contributed by atoms with E-state index in [-0.39, 0.29) is 5.56 Å². The number of benzene rings is 2.